The van der Waals surface area contributed by atoms with Crippen molar-refractivity contribution in [2.75, 3.05) is 0 Å². The van der Waals surface area contributed by atoms with Gasteiger partial charge in [0.25, 0.3) is 5.91 Å². The molecule has 1 aromatic rings. The van der Waals surface area contributed by atoms with Crippen LogP contribution >= 0.6 is 11.3 Å². The lowest BCUT2D eigenvalue weighted by Gasteiger charge is -1.90. The van der Waals surface area contributed by atoms with Crippen LogP contribution in [0.2, 0.25) is 0 Å². The fourth-order valence-corrected chi connectivity index (χ4v) is 1.45. The molecular formula is C8H5N3OS. The van der Waals surface area contributed by atoms with Crippen LogP contribution in [0.1, 0.15) is 14.5 Å². The number of hydrogen-bond donors (Lipinski definition) is 2. The van der Waals surface area contributed by atoms with E-state index in [-0.39, 0.29) is 5.91 Å². The van der Waals surface area contributed by atoms with Crippen molar-refractivity contribution in [2.45, 2.75) is 0 Å². The highest BCUT2D eigenvalue weighted by Gasteiger charge is 2.05. The molecule has 0 spiro atoms. The third-order valence-corrected chi connectivity index (χ3v) is 2.20. The predicted octanol–water partition coefficient (Wildman–Crippen LogP) is 0.227. The van der Waals surface area contributed by atoms with E-state index in [0.29, 0.717) is 9.75 Å². The largest absolute Gasteiger partial charge is 0.289 e. The average Bonchev–Trinajstić information content (AvgIpc) is 2.62. The maximum absolute atomic E-state index is 11.0. The van der Waals surface area contributed by atoms with Crippen LogP contribution in [-0.4, -0.2) is 5.91 Å². The fourth-order valence-electron chi connectivity index (χ4n) is 0.688. The Kier molecular flexibility index (Phi) is 3.04. The summed E-state index contributed by atoms with van der Waals surface area (Å²) >= 11 is 1.19. The van der Waals surface area contributed by atoms with Gasteiger partial charge in [0.15, 0.2) is 6.07 Å². The van der Waals surface area contributed by atoms with Gasteiger partial charge in [-0.25, -0.2) is 5.84 Å². The van der Waals surface area contributed by atoms with Crippen molar-refractivity contribution in [2.24, 2.45) is 5.84 Å². The van der Waals surface area contributed by atoms with Crippen LogP contribution in [0.4, 0.5) is 0 Å². The van der Waals surface area contributed by atoms with Gasteiger partial charge in [-0.3, -0.25) is 10.2 Å². The van der Waals surface area contributed by atoms with E-state index in [4.69, 9.17) is 11.1 Å². The first-order valence-corrected chi connectivity index (χ1v) is 4.10. The molecule has 0 unspecified atom stereocenters. The van der Waals surface area contributed by atoms with E-state index >= 15 is 0 Å². The van der Waals surface area contributed by atoms with Crippen LogP contribution in [0.25, 0.3) is 0 Å². The number of thiophene rings is 1. The molecule has 1 amide bonds. The molecule has 0 fully saturated rings. The Morgan fingerprint density at radius 2 is 2.38 bits per heavy atom. The van der Waals surface area contributed by atoms with E-state index in [1.165, 1.54) is 11.3 Å². The zero-order valence-electron chi connectivity index (χ0n) is 6.50. The van der Waals surface area contributed by atoms with Gasteiger partial charge in [-0.15, -0.1) is 11.3 Å². The van der Waals surface area contributed by atoms with Gasteiger partial charge in [-0.2, -0.15) is 5.26 Å². The van der Waals surface area contributed by atoms with Gasteiger partial charge in [-0.05, 0) is 18.1 Å². The van der Waals surface area contributed by atoms with Crippen molar-refractivity contribution in [1.82, 2.24) is 5.43 Å². The standard InChI is InChI=1S/C8H5N3OS/c9-5-1-2-6-3-4-7(13-6)8(12)11-10/h3-4H,10H2,(H,11,12). The van der Waals surface area contributed by atoms with E-state index in [2.05, 4.69) is 11.8 Å². The summed E-state index contributed by atoms with van der Waals surface area (Å²) < 4.78 is 0. The van der Waals surface area contributed by atoms with Crippen molar-refractivity contribution in [3.63, 3.8) is 0 Å². The molecule has 0 saturated heterocycles. The Bertz CT molecular complexity index is 419. The molecule has 1 heterocycles. The first-order valence-electron chi connectivity index (χ1n) is 3.29. The molecule has 13 heavy (non-hydrogen) atoms. The summed E-state index contributed by atoms with van der Waals surface area (Å²) in [6, 6.07) is 4.96. The van der Waals surface area contributed by atoms with Crippen LogP contribution in [0.5, 0.6) is 0 Å². The molecule has 1 rings (SSSR count). The van der Waals surface area contributed by atoms with Crippen LogP contribution in [-0.2, 0) is 0 Å². The molecule has 0 atom stereocenters. The molecule has 0 aliphatic carbocycles. The SMILES string of the molecule is N#CC#Cc1ccc(C(=O)NN)s1. The zero-order chi connectivity index (χ0) is 9.68. The number of hydrogen-bond acceptors (Lipinski definition) is 4. The van der Waals surface area contributed by atoms with Crippen molar-refractivity contribution in [3.8, 4) is 17.9 Å². The average molecular weight is 191 g/mol. The number of nitrogen functional groups attached to an aromatic ring is 1. The van der Waals surface area contributed by atoms with Crippen molar-refractivity contribution < 1.29 is 4.79 Å². The van der Waals surface area contributed by atoms with E-state index < -0.39 is 0 Å². The van der Waals surface area contributed by atoms with Gasteiger partial charge in [0, 0.05) is 5.92 Å². The Morgan fingerprint density at radius 3 is 3.00 bits per heavy atom. The summed E-state index contributed by atoms with van der Waals surface area (Å²) in [6.45, 7) is 0. The molecule has 0 aliphatic rings. The number of rotatable bonds is 1. The molecule has 5 heteroatoms. The molecule has 0 aromatic carbocycles. The van der Waals surface area contributed by atoms with Gasteiger partial charge in [0.2, 0.25) is 0 Å². The van der Waals surface area contributed by atoms with E-state index in [1.54, 1.807) is 18.2 Å². The lowest BCUT2D eigenvalue weighted by atomic mass is 10.4. The Balaban J connectivity index is 2.88. The first-order chi connectivity index (χ1) is 6.27. The van der Waals surface area contributed by atoms with Gasteiger partial charge >= 0.3 is 0 Å². The van der Waals surface area contributed by atoms with Gasteiger partial charge in [-0.1, -0.05) is 0 Å². The highest BCUT2D eigenvalue weighted by Crippen LogP contribution is 2.14. The zero-order valence-corrected chi connectivity index (χ0v) is 7.31. The monoisotopic (exact) mass is 191 g/mol. The highest BCUT2D eigenvalue weighted by molar-refractivity contribution is 7.14. The second kappa shape index (κ2) is 4.27. The number of amides is 1. The number of nitriles is 1. The smallest absolute Gasteiger partial charge is 0.275 e. The summed E-state index contributed by atoms with van der Waals surface area (Å²) in [7, 11) is 0. The molecule has 3 N–H and O–H groups in total. The minimum absolute atomic E-state index is 0.352. The first kappa shape index (κ1) is 9.27. The number of nitrogens with zero attached hydrogens (tertiary/aromatic N) is 1. The van der Waals surface area contributed by atoms with Crippen LogP contribution in [0.3, 0.4) is 0 Å². The van der Waals surface area contributed by atoms with Gasteiger partial charge in [0.1, 0.15) is 0 Å². The van der Waals surface area contributed by atoms with Crippen LogP contribution < -0.4 is 11.3 Å². The normalized spacial score (nSPS) is 8.00. The second-order valence-electron chi connectivity index (χ2n) is 2.00. The summed E-state index contributed by atoms with van der Waals surface area (Å²) in [4.78, 5) is 12.1. The van der Waals surface area contributed by atoms with Crippen LogP contribution in [0.15, 0.2) is 12.1 Å². The van der Waals surface area contributed by atoms with E-state index in [9.17, 15) is 4.79 Å². The van der Waals surface area contributed by atoms with E-state index in [0.717, 1.165) is 0 Å². The molecule has 0 radical (unpaired) electrons. The van der Waals surface area contributed by atoms with Crippen molar-refractivity contribution >= 4 is 17.2 Å². The highest BCUT2D eigenvalue weighted by atomic mass is 32.1. The van der Waals surface area contributed by atoms with Crippen LogP contribution in [0, 0.1) is 23.2 Å². The molecule has 0 saturated carbocycles. The van der Waals surface area contributed by atoms with Crippen molar-refractivity contribution in [3.05, 3.63) is 21.9 Å². The third-order valence-electron chi connectivity index (χ3n) is 1.20. The maximum atomic E-state index is 11.0. The number of carbonyl (C=O) groups excluding carboxylic acids is 1. The summed E-state index contributed by atoms with van der Waals surface area (Å²) in [5.74, 6) is 9.40. The number of nitrogens with two attached hydrogens (primary N) is 1. The third kappa shape index (κ3) is 2.31. The Morgan fingerprint density at radius 1 is 1.62 bits per heavy atom. The molecule has 64 valence electrons. The van der Waals surface area contributed by atoms with Crippen molar-refractivity contribution in [1.29, 1.82) is 5.26 Å². The maximum Gasteiger partial charge on any atom is 0.275 e. The number of nitrogens with one attached hydrogen (secondary N) is 1. The Hall–Kier alpha value is -1.82. The topological polar surface area (TPSA) is 78.9 Å². The fraction of sp³-hybridized carbons (Fsp3) is 0. The predicted molar refractivity (Wildman–Crippen MR) is 48.5 cm³/mol. The molecule has 4 nitrogen and oxygen atoms in total. The molecule has 0 bridgehead atoms. The molecule has 0 aliphatic heterocycles. The van der Waals surface area contributed by atoms with E-state index in [1.807, 2.05) is 5.43 Å². The lowest BCUT2D eigenvalue weighted by Crippen LogP contribution is -2.29. The summed E-state index contributed by atoms with van der Waals surface area (Å²) in [5.41, 5.74) is 2.01. The lowest BCUT2D eigenvalue weighted by molar-refractivity contribution is 0.0957. The van der Waals surface area contributed by atoms with Gasteiger partial charge in [0.05, 0.1) is 9.75 Å². The minimum Gasteiger partial charge on any atom is -0.289 e. The summed E-state index contributed by atoms with van der Waals surface area (Å²) in [6.07, 6.45) is 0. The number of carbonyl (C=O) groups is 1. The Labute approximate surface area is 78.9 Å². The molecular weight excluding hydrogens is 186 g/mol. The minimum atomic E-state index is -0.352. The van der Waals surface area contributed by atoms with Gasteiger partial charge < -0.3 is 0 Å². The second-order valence-corrected chi connectivity index (χ2v) is 3.08. The molecule has 1 aromatic heterocycles. The quantitative estimate of drug-likeness (QED) is 0.288. The summed E-state index contributed by atoms with van der Waals surface area (Å²) in [5, 5.41) is 8.17. The number of hydrazine groups is 1.